The monoisotopic (exact) mass is 267 g/mol. The summed E-state index contributed by atoms with van der Waals surface area (Å²) in [6.45, 7) is 0.705. The molecule has 0 saturated carbocycles. The molecule has 0 radical (unpaired) electrons. The summed E-state index contributed by atoms with van der Waals surface area (Å²) in [4.78, 5) is 4.43. The maximum Gasteiger partial charge on any atom is 0.100 e. The normalized spacial score (nSPS) is 11.1. The summed E-state index contributed by atoms with van der Waals surface area (Å²) in [5.74, 6) is 0. The molecule has 0 bridgehead atoms. The van der Waals surface area contributed by atoms with E-state index in [-0.39, 0.29) is 0 Å². The molecule has 0 unspecified atom stereocenters. The number of rotatable bonds is 4. The van der Waals surface area contributed by atoms with Crippen molar-refractivity contribution in [3.8, 4) is 5.69 Å². The third kappa shape index (κ3) is 2.26. The van der Waals surface area contributed by atoms with Crippen LogP contribution in [0.1, 0.15) is 5.56 Å². The molecule has 3 rings (SSSR count). The van der Waals surface area contributed by atoms with Crippen LogP contribution in [0.25, 0.3) is 16.7 Å². The molecule has 2 N–H and O–H groups in total. The number of aromatic nitrogens is 2. The smallest absolute Gasteiger partial charge is 0.100 e. The van der Waals surface area contributed by atoms with Crippen molar-refractivity contribution in [3.63, 3.8) is 0 Å². The Morgan fingerprint density at radius 3 is 2.90 bits per heavy atom. The number of methoxy groups -OCH3 is 1. The number of hydrogen-bond acceptors (Lipinski definition) is 3. The number of para-hydroxylation sites is 1. The van der Waals surface area contributed by atoms with E-state index in [9.17, 15) is 0 Å². The standard InChI is InChI=1S/C16H17N3O/c1-20-9-8-12-4-2-3-5-15(12)19-11-18-14-10-13(17)6-7-16(14)19/h2-7,10-11H,8-9,17H2,1H3. The molecule has 0 spiro atoms. The highest BCUT2D eigenvalue weighted by Crippen LogP contribution is 2.23. The molecule has 2 aromatic carbocycles. The van der Waals surface area contributed by atoms with Crippen molar-refractivity contribution in [1.29, 1.82) is 0 Å². The summed E-state index contributed by atoms with van der Waals surface area (Å²) >= 11 is 0. The molecule has 0 atom stereocenters. The second kappa shape index (κ2) is 5.35. The second-order valence-corrected chi connectivity index (χ2v) is 4.73. The number of nitrogen functional groups attached to an aromatic ring is 1. The summed E-state index contributed by atoms with van der Waals surface area (Å²) in [6, 6.07) is 14.1. The highest BCUT2D eigenvalue weighted by molar-refractivity contribution is 5.80. The van der Waals surface area contributed by atoms with Crippen molar-refractivity contribution < 1.29 is 4.74 Å². The highest BCUT2D eigenvalue weighted by Gasteiger charge is 2.08. The van der Waals surface area contributed by atoms with Crippen molar-refractivity contribution in [2.45, 2.75) is 6.42 Å². The van der Waals surface area contributed by atoms with Gasteiger partial charge in [0.1, 0.15) is 6.33 Å². The molecule has 0 saturated heterocycles. The SMILES string of the molecule is COCCc1ccccc1-n1cnc2cc(N)ccc21. The zero-order chi connectivity index (χ0) is 13.9. The van der Waals surface area contributed by atoms with E-state index in [0.717, 1.165) is 28.8 Å². The Hall–Kier alpha value is -2.33. The Balaban J connectivity index is 2.11. The lowest BCUT2D eigenvalue weighted by Gasteiger charge is -2.11. The Kier molecular flexibility index (Phi) is 3.39. The Morgan fingerprint density at radius 2 is 2.05 bits per heavy atom. The van der Waals surface area contributed by atoms with Gasteiger partial charge in [0, 0.05) is 12.8 Å². The van der Waals surface area contributed by atoms with E-state index < -0.39 is 0 Å². The van der Waals surface area contributed by atoms with Gasteiger partial charge in [-0.2, -0.15) is 0 Å². The van der Waals surface area contributed by atoms with Crippen LogP contribution in [0, 0.1) is 0 Å². The second-order valence-electron chi connectivity index (χ2n) is 4.73. The fraction of sp³-hybridized carbons (Fsp3) is 0.188. The zero-order valence-corrected chi connectivity index (χ0v) is 11.4. The number of ether oxygens (including phenoxy) is 1. The largest absolute Gasteiger partial charge is 0.399 e. The quantitative estimate of drug-likeness (QED) is 0.739. The molecule has 3 aromatic rings. The van der Waals surface area contributed by atoms with Gasteiger partial charge in [0.25, 0.3) is 0 Å². The minimum absolute atomic E-state index is 0.705. The summed E-state index contributed by atoms with van der Waals surface area (Å²) < 4.78 is 7.28. The third-order valence-corrected chi connectivity index (χ3v) is 3.40. The van der Waals surface area contributed by atoms with Crippen LogP contribution in [0.5, 0.6) is 0 Å². The Bertz CT molecular complexity index is 733. The number of nitrogens with zero attached hydrogens (tertiary/aromatic N) is 2. The Labute approximate surface area is 117 Å². The van der Waals surface area contributed by atoms with E-state index in [2.05, 4.69) is 21.7 Å². The fourth-order valence-electron chi connectivity index (χ4n) is 2.39. The van der Waals surface area contributed by atoms with Gasteiger partial charge >= 0.3 is 0 Å². The first-order chi connectivity index (χ1) is 9.79. The zero-order valence-electron chi connectivity index (χ0n) is 11.4. The highest BCUT2D eigenvalue weighted by atomic mass is 16.5. The van der Waals surface area contributed by atoms with Crippen molar-refractivity contribution in [1.82, 2.24) is 9.55 Å². The number of fused-ring (bicyclic) bond motifs is 1. The van der Waals surface area contributed by atoms with Crippen LogP contribution in [-0.4, -0.2) is 23.3 Å². The molecule has 0 aliphatic heterocycles. The summed E-state index contributed by atoms with van der Waals surface area (Å²) in [5.41, 5.74) is 10.9. The summed E-state index contributed by atoms with van der Waals surface area (Å²) in [7, 11) is 1.72. The molecule has 1 aromatic heterocycles. The lowest BCUT2D eigenvalue weighted by Crippen LogP contribution is -2.02. The number of anilines is 1. The van der Waals surface area contributed by atoms with Gasteiger partial charge in [-0.15, -0.1) is 0 Å². The average Bonchev–Trinajstić information content (AvgIpc) is 2.88. The maximum absolute atomic E-state index is 5.80. The van der Waals surface area contributed by atoms with Crippen molar-refractivity contribution in [2.75, 3.05) is 19.5 Å². The van der Waals surface area contributed by atoms with E-state index in [1.54, 1.807) is 7.11 Å². The predicted molar refractivity (Wildman–Crippen MR) is 81.1 cm³/mol. The van der Waals surface area contributed by atoms with E-state index in [1.807, 2.05) is 36.7 Å². The molecule has 1 heterocycles. The molecule has 0 aliphatic rings. The number of hydrogen-bond donors (Lipinski definition) is 1. The minimum Gasteiger partial charge on any atom is -0.399 e. The lowest BCUT2D eigenvalue weighted by atomic mass is 10.1. The van der Waals surface area contributed by atoms with Gasteiger partial charge in [-0.05, 0) is 36.2 Å². The molecule has 0 aliphatic carbocycles. The fourth-order valence-corrected chi connectivity index (χ4v) is 2.39. The van der Waals surface area contributed by atoms with Crippen molar-refractivity contribution in [3.05, 3.63) is 54.4 Å². The van der Waals surface area contributed by atoms with Gasteiger partial charge in [0.15, 0.2) is 0 Å². The van der Waals surface area contributed by atoms with Crippen LogP contribution in [0.4, 0.5) is 5.69 Å². The van der Waals surface area contributed by atoms with Gasteiger partial charge in [0.2, 0.25) is 0 Å². The van der Waals surface area contributed by atoms with Crippen LogP contribution in [-0.2, 0) is 11.2 Å². The van der Waals surface area contributed by atoms with Gasteiger partial charge in [-0.3, -0.25) is 4.57 Å². The van der Waals surface area contributed by atoms with Gasteiger partial charge in [0.05, 0.1) is 23.3 Å². The molecular weight excluding hydrogens is 250 g/mol. The van der Waals surface area contributed by atoms with Gasteiger partial charge in [-0.25, -0.2) is 4.98 Å². The first kappa shape index (κ1) is 12.7. The molecule has 4 nitrogen and oxygen atoms in total. The molecule has 102 valence electrons. The van der Waals surface area contributed by atoms with E-state index in [0.29, 0.717) is 6.61 Å². The van der Waals surface area contributed by atoms with E-state index in [1.165, 1.54) is 5.56 Å². The maximum atomic E-state index is 5.80. The topological polar surface area (TPSA) is 53.1 Å². The summed E-state index contributed by atoms with van der Waals surface area (Å²) in [5, 5.41) is 0. The van der Waals surface area contributed by atoms with Crippen LogP contribution in [0.3, 0.4) is 0 Å². The van der Waals surface area contributed by atoms with Crippen LogP contribution in [0.15, 0.2) is 48.8 Å². The van der Waals surface area contributed by atoms with Gasteiger partial charge in [-0.1, -0.05) is 18.2 Å². The van der Waals surface area contributed by atoms with Crippen LogP contribution < -0.4 is 5.73 Å². The third-order valence-electron chi connectivity index (χ3n) is 3.40. The lowest BCUT2D eigenvalue weighted by molar-refractivity contribution is 0.202. The molecular formula is C16H17N3O. The van der Waals surface area contributed by atoms with E-state index >= 15 is 0 Å². The average molecular weight is 267 g/mol. The van der Waals surface area contributed by atoms with Crippen LogP contribution in [0.2, 0.25) is 0 Å². The molecule has 0 amide bonds. The number of benzene rings is 2. The first-order valence-corrected chi connectivity index (χ1v) is 6.59. The Morgan fingerprint density at radius 1 is 1.20 bits per heavy atom. The van der Waals surface area contributed by atoms with Crippen molar-refractivity contribution in [2.24, 2.45) is 0 Å². The summed E-state index contributed by atoms with van der Waals surface area (Å²) in [6.07, 6.45) is 2.72. The predicted octanol–water partition coefficient (Wildman–Crippen LogP) is 2.80. The first-order valence-electron chi connectivity index (χ1n) is 6.59. The van der Waals surface area contributed by atoms with Crippen molar-refractivity contribution >= 4 is 16.7 Å². The molecule has 4 heteroatoms. The van der Waals surface area contributed by atoms with E-state index in [4.69, 9.17) is 10.5 Å². The van der Waals surface area contributed by atoms with Gasteiger partial charge < -0.3 is 10.5 Å². The number of imidazole rings is 1. The minimum atomic E-state index is 0.705. The van der Waals surface area contributed by atoms with Crippen LogP contribution >= 0.6 is 0 Å². The number of nitrogens with two attached hydrogens (primary N) is 1. The molecule has 0 fully saturated rings. The molecule has 20 heavy (non-hydrogen) atoms.